The Balaban J connectivity index is 1.33. The topological polar surface area (TPSA) is 44.9 Å². The summed E-state index contributed by atoms with van der Waals surface area (Å²) >= 11 is 0. The van der Waals surface area contributed by atoms with Crippen molar-refractivity contribution in [3.63, 3.8) is 0 Å². The number of aryl methyl sites for hydroxylation is 2. The zero-order chi connectivity index (χ0) is 36.5. The fourth-order valence-corrected chi connectivity index (χ4v) is 8.23. The maximum absolute atomic E-state index is 6.80. The van der Waals surface area contributed by atoms with Gasteiger partial charge in [0.05, 0.1) is 22.4 Å². The van der Waals surface area contributed by atoms with Crippen molar-refractivity contribution in [2.75, 3.05) is 0 Å². The Bertz CT molecular complexity index is 2280. The van der Waals surface area contributed by atoms with Crippen LogP contribution in [-0.2, 0) is 12.8 Å². The molecule has 0 spiro atoms. The SMILES string of the molecule is C=C(C)c1cc(Oc2ccc3c4ccccc4n(-c4cc(CCCC)ccn4)c3c2)cc(-n2nc(C)c(C3C(C)=CCC[C@@H]3C)c2CCC(C)C)c1. The number of fused-ring (bicyclic) bond motifs is 3. The van der Waals surface area contributed by atoms with Crippen LogP contribution in [0.4, 0.5) is 0 Å². The van der Waals surface area contributed by atoms with Crippen LogP contribution in [0.5, 0.6) is 11.5 Å². The van der Waals surface area contributed by atoms with Gasteiger partial charge in [0.1, 0.15) is 17.3 Å². The number of hydrogen-bond donors (Lipinski definition) is 0. The van der Waals surface area contributed by atoms with Crippen LogP contribution in [0, 0.1) is 18.8 Å². The third kappa shape index (κ3) is 6.98. The van der Waals surface area contributed by atoms with E-state index < -0.39 is 0 Å². The van der Waals surface area contributed by atoms with E-state index in [1.165, 1.54) is 46.0 Å². The van der Waals surface area contributed by atoms with Crippen molar-refractivity contribution < 1.29 is 4.74 Å². The van der Waals surface area contributed by atoms with E-state index in [1.807, 2.05) is 6.20 Å². The van der Waals surface area contributed by atoms with Gasteiger partial charge < -0.3 is 4.74 Å². The van der Waals surface area contributed by atoms with Crippen molar-refractivity contribution in [2.45, 2.75) is 99.3 Å². The maximum Gasteiger partial charge on any atom is 0.137 e. The molecule has 2 atom stereocenters. The largest absolute Gasteiger partial charge is 0.457 e. The second-order valence-corrected chi connectivity index (χ2v) is 15.5. The van der Waals surface area contributed by atoms with Crippen molar-refractivity contribution in [3.05, 3.63) is 125 Å². The lowest BCUT2D eigenvalue weighted by molar-refractivity contribution is 0.445. The Hall–Kier alpha value is -4.90. The first-order valence-corrected chi connectivity index (χ1v) is 19.4. The van der Waals surface area contributed by atoms with Crippen LogP contribution in [0.3, 0.4) is 0 Å². The minimum absolute atomic E-state index is 0.394. The molecule has 7 rings (SSSR count). The molecule has 268 valence electrons. The molecule has 3 aromatic carbocycles. The smallest absolute Gasteiger partial charge is 0.137 e. The molecule has 3 aromatic heterocycles. The first-order chi connectivity index (χ1) is 25.1. The van der Waals surface area contributed by atoms with E-state index in [1.54, 1.807) is 0 Å². The minimum Gasteiger partial charge on any atom is -0.457 e. The molecule has 6 aromatic rings. The first-order valence-electron chi connectivity index (χ1n) is 19.4. The van der Waals surface area contributed by atoms with Crippen LogP contribution in [0.2, 0.25) is 0 Å². The standard InChI is InChI=1S/C47H54N4O/c1-9-10-16-35-23-24-48-45(25-35)50-42-18-12-11-17-40(42)41-21-20-38(29-44(41)50)52-39-27-36(31(4)5)26-37(28-39)51-43(22-19-30(2)3)47(34(8)49-51)46-32(6)14-13-15-33(46)7/h11-12,14,17-18,20-21,23-30,33,46H,4,9-10,13,15-16,19,22H2,1-3,5-8H3/t33-,46?/m0/s1. The van der Waals surface area contributed by atoms with E-state index in [0.717, 1.165) is 83.0 Å². The molecule has 0 aliphatic heterocycles. The van der Waals surface area contributed by atoms with Gasteiger partial charge in [0.2, 0.25) is 0 Å². The van der Waals surface area contributed by atoms with Crippen LogP contribution in [0.25, 0.3) is 38.9 Å². The van der Waals surface area contributed by atoms with Crippen molar-refractivity contribution >= 4 is 27.4 Å². The minimum atomic E-state index is 0.394. The Labute approximate surface area is 310 Å². The van der Waals surface area contributed by atoms with Gasteiger partial charge in [-0.05, 0) is 125 Å². The van der Waals surface area contributed by atoms with E-state index in [4.69, 9.17) is 14.8 Å². The molecule has 0 fully saturated rings. The molecule has 5 heteroatoms. The van der Waals surface area contributed by atoms with Gasteiger partial charge in [-0.25, -0.2) is 9.67 Å². The number of unbranched alkanes of at least 4 members (excludes halogenated alkanes) is 1. The van der Waals surface area contributed by atoms with E-state index in [0.29, 0.717) is 17.8 Å². The third-order valence-electron chi connectivity index (χ3n) is 11.0. The Kier molecular flexibility index (Phi) is 10.2. The summed E-state index contributed by atoms with van der Waals surface area (Å²) in [6, 6.07) is 25.9. The van der Waals surface area contributed by atoms with Gasteiger partial charge in [-0.1, -0.05) is 76.1 Å². The van der Waals surface area contributed by atoms with Gasteiger partial charge in [-0.15, -0.1) is 0 Å². The summed E-state index contributed by atoms with van der Waals surface area (Å²) < 4.78 is 11.3. The summed E-state index contributed by atoms with van der Waals surface area (Å²) in [5.74, 6) is 4.04. The molecule has 1 aliphatic rings. The Morgan fingerprint density at radius 3 is 2.52 bits per heavy atom. The predicted octanol–water partition coefficient (Wildman–Crippen LogP) is 12.9. The average molecular weight is 691 g/mol. The molecular formula is C47H54N4O. The molecule has 1 unspecified atom stereocenters. The number of benzene rings is 3. The average Bonchev–Trinajstić information content (AvgIpc) is 3.63. The lowest BCUT2D eigenvalue weighted by Gasteiger charge is -2.30. The molecule has 52 heavy (non-hydrogen) atoms. The van der Waals surface area contributed by atoms with Gasteiger partial charge >= 0.3 is 0 Å². The first kappa shape index (κ1) is 35.5. The van der Waals surface area contributed by atoms with Crippen LogP contribution >= 0.6 is 0 Å². The fourth-order valence-electron chi connectivity index (χ4n) is 8.23. The summed E-state index contributed by atoms with van der Waals surface area (Å²) in [6.45, 7) is 20.2. The second-order valence-electron chi connectivity index (χ2n) is 15.5. The van der Waals surface area contributed by atoms with E-state index in [-0.39, 0.29) is 0 Å². The summed E-state index contributed by atoms with van der Waals surface area (Å²) in [7, 11) is 0. The highest BCUT2D eigenvalue weighted by atomic mass is 16.5. The Morgan fingerprint density at radius 1 is 0.942 bits per heavy atom. The van der Waals surface area contributed by atoms with Gasteiger partial charge in [-0.3, -0.25) is 4.57 Å². The van der Waals surface area contributed by atoms with Gasteiger partial charge in [0.25, 0.3) is 0 Å². The number of hydrogen-bond acceptors (Lipinski definition) is 3. The number of aromatic nitrogens is 4. The lowest BCUT2D eigenvalue weighted by Crippen LogP contribution is -2.17. The highest BCUT2D eigenvalue weighted by molar-refractivity contribution is 6.09. The second kappa shape index (κ2) is 15.0. The van der Waals surface area contributed by atoms with Crippen LogP contribution in [0.15, 0.2) is 97.2 Å². The summed E-state index contributed by atoms with van der Waals surface area (Å²) in [6.07, 6.45) is 12.2. The lowest BCUT2D eigenvalue weighted by atomic mass is 9.75. The zero-order valence-corrected chi connectivity index (χ0v) is 32.2. The van der Waals surface area contributed by atoms with Gasteiger partial charge in [0.15, 0.2) is 0 Å². The fraction of sp³-hybridized carbons (Fsp3) is 0.362. The molecule has 0 amide bonds. The molecule has 1 aliphatic carbocycles. The van der Waals surface area contributed by atoms with Crippen LogP contribution < -0.4 is 4.74 Å². The molecule has 0 bridgehead atoms. The maximum atomic E-state index is 6.80. The van der Waals surface area contributed by atoms with Crippen LogP contribution in [0.1, 0.15) is 108 Å². The number of ether oxygens (including phenoxy) is 1. The number of pyridine rings is 1. The molecule has 3 heterocycles. The Morgan fingerprint density at radius 2 is 1.75 bits per heavy atom. The predicted molar refractivity (Wildman–Crippen MR) is 218 cm³/mol. The number of para-hydroxylation sites is 1. The monoisotopic (exact) mass is 690 g/mol. The molecule has 0 saturated carbocycles. The summed E-state index contributed by atoms with van der Waals surface area (Å²) in [5.41, 5.74) is 11.9. The molecule has 0 saturated heterocycles. The zero-order valence-electron chi connectivity index (χ0n) is 32.2. The summed E-state index contributed by atoms with van der Waals surface area (Å²) in [4.78, 5) is 4.87. The van der Waals surface area contributed by atoms with Crippen molar-refractivity contribution in [1.29, 1.82) is 0 Å². The molecule has 5 nitrogen and oxygen atoms in total. The molecule has 0 radical (unpaired) electrons. The quantitative estimate of drug-likeness (QED) is 0.120. The molecule has 0 N–H and O–H groups in total. The van der Waals surface area contributed by atoms with Gasteiger partial charge in [0, 0.05) is 46.3 Å². The van der Waals surface area contributed by atoms with Crippen molar-refractivity contribution in [3.8, 4) is 23.0 Å². The van der Waals surface area contributed by atoms with Crippen molar-refractivity contribution in [2.24, 2.45) is 11.8 Å². The normalized spacial score (nSPS) is 16.2. The van der Waals surface area contributed by atoms with Crippen molar-refractivity contribution in [1.82, 2.24) is 19.3 Å². The van der Waals surface area contributed by atoms with Crippen LogP contribution in [-0.4, -0.2) is 19.3 Å². The van der Waals surface area contributed by atoms with E-state index in [2.05, 4.69) is 143 Å². The van der Waals surface area contributed by atoms with E-state index >= 15 is 0 Å². The molecular weight excluding hydrogens is 637 g/mol. The third-order valence-corrected chi connectivity index (χ3v) is 11.0. The number of nitrogens with zero attached hydrogens (tertiary/aromatic N) is 4. The summed E-state index contributed by atoms with van der Waals surface area (Å²) in [5, 5.41) is 7.66. The number of allylic oxidation sites excluding steroid dienone is 3. The van der Waals surface area contributed by atoms with Gasteiger partial charge in [-0.2, -0.15) is 5.10 Å². The highest BCUT2D eigenvalue weighted by Crippen LogP contribution is 2.43. The number of rotatable bonds is 12. The highest BCUT2D eigenvalue weighted by Gasteiger charge is 2.31. The van der Waals surface area contributed by atoms with E-state index in [9.17, 15) is 0 Å².